The van der Waals surface area contributed by atoms with Crippen molar-refractivity contribution in [1.82, 2.24) is 4.90 Å². The zero-order chi connectivity index (χ0) is 13.1. The van der Waals surface area contributed by atoms with Gasteiger partial charge in [-0.15, -0.1) is 0 Å². The second-order valence-corrected chi connectivity index (χ2v) is 4.30. The molecule has 0 spiro atoms. The number of rotatable bonds is 10. The van der Waals surface area contributed by atoms with E-state index < -0.39 is 0 Å². The number of hydrogen-bond acceptors (Lipinski definition) is 4. The summed E-state index contributed by atoms with van der Waals surface area (Å²) in [5, 5.41) is 0. The fourth-order valence-corrected chi connectivity index (χ4v) is 1.78. The first-order valence-electron chi connectivity index (χ1n) is 6.45. The average Bonchev–Trinajstić information content (AvgIpc) is 2.37. The van der Waals surface area contributed by atoms with Crippen LogP contribution in [0.25, 0.3) is 0 Å². The average molecular weight is 245 g/mol. The molecule has 0 fully saturated rings. The lowest BCUT2D eigenvalue weighted by atomic mass is 10.0. The highest BCUT2D eigenvalue weighted by atomic mass is 16.5. The molecule has 4 heteroatoms. The molecule has 0 saturated carbocycles. The minimum atomic E-state index is -0.142. The second kappa shape index (κ2) is 10.5. The highest BCUT2D eigenvalue weighted by Crippen LogP contribution is 2.10. The number of carbonyl (C=O) groups excluding carboxylic acids is 1. The summed E-state index contributed by atoms with van der Waals surface area (Å²) >= 11 is 0. The summed E-state index contributed by atoms with van der Waals surface area (Å²) in [4.78, 5) is 13.4. The minimum Gasteiger partial charge on any atom is -0.469 e. The van der Waals surface area contributed by atoms with E-state index in [-0.39, 0.29) is 5.97 Å². The quantitative estimate of drug-likeness (QED) is 0.551. The zero-order valence-corrected chi connectivity index (χ0v) is 11.7. The first kappa shape index (κ1) is 16.4. The lowest BCUT2D eigenvalue weighted by Gasteiger charge is -2.25. The Bertz CT molecular complexity index is 193. The minimum absolute atomic E-state index is 0.142. The van der Waals surface area contributed by atoms with Crippen molar-refractivity contribution in [3.05, 3.63) is 0 Å². The predicted molar refractivity (Wildman–Crippen MR) is 69.0 cm³/mol. The van der Waals surface area contributed by atoms with Crippen LogP contribution in [0.3, 0.4) is 0 Å². The first-order chi connectivity index (χ1) is 8.17. The lowest BCUT2D eigenvalue weighted by Crippen LogP contribution is -2.34. The van der Waals surface area contributed by atoms with Crippen LogP contribution in [0.1, 0.15) is 33.1 Å². The molecule has 0 aliphatic carbocycles. The summed E-state index contributed by atoms with van der Waals surface area (Å²) in [6, 6.07) is 0. The van der Waals surface area contributed by atoms with Gasteiger partial charge in [0, 0.05) is 26.7 Å². The van der Waals surface area contributed by atoms with Gasteiger partial charge in [-0.25, -0.2) is 0 Å². The van der Waals surface area contributed by atoms with Crippen molar-refractivity contribution in [3.63, 3.8) is 0 Å². The third-order valence-corrected chi connectivity index (χ3v) is 3.14. The van der Waals surface area contributed by atoms with Crippen LogP contribution in [-0.4, -0.2) is 51.3 Å². The zero-order valence-electron chi connectivity index (χ0n) is 11.7. The van der Waals surface area contributed by atoms with Gasteiger partial charge in [0.15, 0.2) is 0 Å². The third kappa shape index (κ3) is 8.16. The number of ether oxygens (including phenoxy) is 2. The van der Waals surface area contributed by atoms with Gasteiger partial charge >= 0.3 is 5.97 Å². The summed E-state index contributed by atoms with van der Waals surface area (Å²) in [5.74, 6) is 0.557. The van der Waals surface area contributed by atoms with Crippen LogP contribution in [0.2, 0.25) is 0 Å². The molecule has 0 aliphatic heterocycles. The summed E-state index contributed by atoms with van der Waals surface area (Å²) in [6.45, 7) is 7.80. The van der Waals surface area contributed by atoms with E-state index in [9.17, 15) is 4.79 Å². The largest absolute Gasteiger partial charge is 0.469 e. The summed E-state index contributed by atoms with van der Waals surface area (Å²) in [6.07, 6.45) is 2.82. The van der Waals surface area contributed by atoms with E-state index >= 15 is 0 Å². The van der Waals surface area contributed by atoms with E-state index in [1.165, 1.54) is 20.0 Å². The fourth-order valence-electron chi connectivity index (χ4n) is 1.78. The van der Waals surface area contributed by atoms with Gasteiger partial charge in [-0.2, -0.15) is 0 Å². The van der Waals surface area contributed by atoms with Crippen molar-refractivity contribution in [2.75, 3.05) is 40.5 Å². The summed E-state index contributed by atoms with van der Waals surface area (Å²) < 4.78 is 9.76. The molecule has 0 rings (SSSR count). The maximum atomic E-state index is 11.1. The molecule has 17 heavy (non-hydrogen) atoms. The van der Waals surface area contributed by atoms with Gasteiger partial charge in [-0.1, -0.05) is 26.7 Å². The van der Waals surface area contributed by atoms with Crippen molar-refractivity contribution >= 4 is 5.97 Å². The Morgan fingerprint density at radius 3 is 2.29 bits per heavy atom. The molecule has 0 aromatic carbocycles. The van der Waals surface area contributed by atoms with Crippen molar-refractivity contribution in [2.24, 2.45) is 5.92 Å². The van der Waals surface area contributed by atoms with Crippen molar-refractivity contribution < 1.29 is 14.3 Å². The SMILES string of the molecule is CCC(CC)CN(CCOC)CCC(=O)OC. The number of nitrogens with zero attached hydrogens (tertiary/aromatic N) is 1. The van der Waals surface area contributed by atoms with Crippen LogP contribution >= 0.6 is 0 Å². The molecule has 0 unspecified atom stereocenters. The van der Waals surface area contributed by atoms with Crippen molar-refractivity contribution in [1.29, 1.82) is 0 Å². The van der Waals surface area contributed by atoms with Crippen LogP contribution in [0, 0.1) is 5.92 Å². The Morgan fingerprint density at radius 2 is 1.82 bits per heavy atom. The highest BCUT2D eigenvalue weighted by molar-refractivity contribution is 5.69. The smallest absolute Gasteiger partial charge is 0.306 e. The highest BCUT2D eigenvalue weighted by Gasteiger charge is 2.12. The molecular formula is C13H27NO3. The number of hydrogen-bond donors (Lipinski definition) is 0. The maximum absolute atomic E-state index is 11.1. The first-order valence-corrected chi connectivity index (χ1v) is 6.45. The molecule has 0 aromatic rings. The normalized spacial score (nSPS) is 11.2. The topological polar surface area (TPSA) is 38.8 Å². The molecule has 0 radical (unpaired) electrons. The Balaban J connectivity index is 4.07. The lowest BCUT2D eigenvalue weighted by molar-refractivity contribution is -0.141. The number of carbonyl (C=O) groups is 1. The van der Waals surface area contributed by atoms with E-state index in [0.29, 0.717) is 18.9 Å². The molecule has 102 valence electrons. The molecule has 0 heterocycles. The summed E-state index contributed by atoms with van der Waals surface area (Å²) in [7, 11) is 3.14. The van der Waals surface area contributed by atoms with Crippen LogP contribution in [0.4, 0.5) is 0 Å². The van der Waals surface area contributed by atoms with Crippen LogP contribution in [-0.2, 0) is 14.3 Å². The molecule has 0 bridgehead atoms. The monoisotopic (exact) mass is 245 g/mol. The van der Waals surface area contributed by atoms with Gasteiger partial charge < -0.3 is 14.4 Å². The molecule has 0 atom stereocenters. The molecular weight excluding hydrogens is 218 g/mol. The molecule has 0 aliphatic rings. The van der Waals surface area contributed by atoms with E-state index in [1.807, 2.05) is 0 Å². The van der Waals surface area contributed by atoms with Gasteiger partial charge in [-0.3, -0.25) is 4.79 Å². The number of methoxy groups -OCH3 is 2. The van der Waals surface area contributed by atoms with Gasteiger partial charge in [0.1, 0.15) is 0 Å². The van der Waals surface area contributed by atoms with Crippen LogP contribution in [0.15, 0.2) is 0 Å². The van der Waals surface area contributed by atoms with E-state index in [0.717, 1.165) is 19.6 Å². The molecule has 4 nitrogen and oxygen atoms in total. The predicted octanol–water partition coefficient (Wildman–Crippen LogP) is 1.93. The van der Waals surface area contributed by atoms with E-state index in [4.69, 9.17) is 4.74 Å². The van der Waals surface area contributed by atoms with E-state index in [2.05, 4.69) is 23.5 Å². The Labute approximate surface area is 105 Å². The van der Waals surface area contributed by atoms with Crippen molar-refractivity contribution in [2.45, 2.75) is 33.1 Å². The Morgan fingerprint density at radius 1 is 1.18 bits per heavy atom. The van der Waals surface area contributed by atoms with Gasteiger partial charge in [0.25, 0.3) is 0 Å². The molecule has 0 amide bonds. The molecule has 0 saturated heterocycles. The Kier molecular flexibility index (Phi) is 10.2. The van der Waals surface area contributed by atoms with Gasteiger partial charge in [0.05, 0.1) is 20.1 Å². The van der Waals surface area contributed by atoms with E-state index in [1.54, 1.807) is 7.11 Å². The molecule has 0 N–H and O–H groups in total. The Hall–Kier alpha value is -0.610. The van der Waals surface area contributed by atoms with Gasteiger partial charge in [0.2, 0.25) is 0 Å². The third-order valence-electron chi connectivity index (χ3n) is 3.14. The van der Waals surface area contributed by atoms with Gasteiger partial charge in [-0.05, 0) is 5.92 Å². The van der Waals surface area contributed by atoms with Crippen LogP contribution in [0.5, 0.6) is 0 Å². The number of esters is 1. The van der Waals surface area contributed by atoms with Crippen LogP contribution < -0.4 is 0 Å². The molecule has 0 aromatic heterocycles. The fraction of sp³-hybridized carbons (Fsp3) is 0.923. The summed E-state index contributed by atoms with van der Waals surface area (Å²) in [5.41, 5.74) is 0. The van der Waals surface area contributed by atoms with Crippen molar-refractivity contribution in [3.8, 4) is 0 Å². The standard InChI is InChI=1S/C13H27NO3/c1-5-12(6-2)11-14(9-10-16-3)8-7-13(15)17-4/h12H,5-11H2,1-4H3. The maximum Gasteiger partial charge on any atom is 0.306 e. The second-order valence-electron chi connectivity index (χ2n) is 4.30.